The summed E-state index contributed by atoms with van der Waals surface area (Å²) in [5.74, 6) is -0.265. The molecule has 1 saturated heterocycles. The SMILES string of the molecule is N#Cc1ccc(Cn2cc([C@@H]3OCCN3c3ccc(F)cc3)nn2)cc1. The average molecular weight is 349 g/mol. The van der Waals surface area contributed by atoms with Crippen LogP contribution in [-0.2, 0) is 11.3 Å². The molecule has 130 valence electrons. The maximum atomic E-state index is 13.2. The van der Waals surface area contributed by atoms with E-state index in [0.29, 0.717) is 31.0 Å². The molecule has 1 aromatic heterocycles. The normalized spacial score (nSPS) is 16.6. The number of hydrogen-bond acceptors (Lipinski definition) is 5. The van der Waals surface area contributed by atoms with Gasteiger partial charge in [0.15, 0.2) is 6.23 Å². The molecule has 2 heterocycles. The van der Waals surface area contributed by atoms with E-state index in [1.807, 2.05) is 23.2 Å². The summed E-state index contributed by atoms with van der Waals surface area (Å²) in [6.07, 6.45) is 1.51. The maximum absolute atomic E-state index is 13.2. The summed E-state index contributed by atoms with van der Waals surface area (Å²) in [6, 6.07) is 15.8. The summed E-state index contributed by atoms with van der Waals surface area (Å²) in [7, 11) is 0. The van der Waals surface area contributed by atoms with Crippen LogP contribution in [0, 0.1) is 17.1 Å². The predicted octanol–water partition coefficient (Wildman–Crippen LogP) is 2.87. The molecule has 0 amide bonds. The van der Waals surface area contributed by atoms with E-state index in [9.17, 15) is 4.39 Å². The van der Waals surface area contributed by atoms with Crippen LogP contribution in [0.2, 0.25) is 0 Å². The lowest BCUT2D eigenvalue weighted by molar-refractivity contribution is 0.110. The van der Waals surface area contributed by atoms with Gasteiger partial charge in [0.2, 0.25) is 0 Å². The van der Waals surface area contributed by atoms with Crippen LogP contribution in [-0.4, -0.2) is 28.1 Å². The van der Waals surface area contributed by atoms with Gasteiger partial charge in [-0.1, -0.05) is 17.3 Å². The molecule has 7 heteroatoms. The van der Waals surface area contributed by atoms with E-state index >= 15 is 0 Å². The van der Waals surface area contributed by atoms with Gasteiger partial charge in [0.05, 0.1) is 31.0 Å². The maximum Gasteiger partial charge on any atom is 0.177 e. The summed E-state index contributed by atoms with van der Waals surface area (Å²) in [4.78, 5) is 2.04. The van der Waals surface area contributed by atoms with Crippen molar-refractivity contribution in [3.8, 4) is 6.07 Å². The molecule has 4 rings (SSSR count). The van der Waals surface area contributed by atoms with Crippen molar-refractivity contribution in [3.63, 3.8) is 0 Å². The number of rotatable bonds is 4. The van der Waals surface area contributed by atoms with Crippen LogP contribution in [0.5, 0.6) is 0 Å². The number of hydrogen-bond donors (Lipinski definition) is 0. The molecular weight excluding hydrogens is 333 g/mol. The van der Waals surface area contributed by atoms with E-state index in [1.54, 1.807) is 28.9 Å². The summed E-state index contributed by atoms with van der Waals surface area (Å²) in [5.41, 5.74) is 3.25. The van der Waals surface area contributed by atoms with Gasteiger partial charge < -0.3 is 9.64 Å². The van der Waals surface area contributed by atoms with Crippen molar-refractivity contribution in [2.45, 2.75) is 12.8 Å². The molecule has 1 atom stereocenters. The molecule has 1 aliphatic rings. The molecule has 0 N–H and O–H groups in total. The molecule has 0 radical (unpaired) electrons. The monoisotopic (exact) mass is 349 g/mol. The quantitative estimate of drug-likeness (QED) is 0.724. The van der Waals surface area contributed by atoms with Crippen molar-refractivity contribution in [2.75, 3.05) is 18.1 Å². The standard InChI is InChI=1S/C19H16FN5O/c20-16-5-7-17(8-6-16)25-9-10-26-19(25)18-13-24(23-22-18)12-15-3-1-14(11-21)2-4-15/h1-8,13,19H,9-10,12H2/t19-/m0/s1. The number of halogens is 1. The Morgan fingerprint density at radius 2 is 1.92 bits per heavy atom. The second-order valence-corrected chi connectivity index (χ2v) is 6.04. The van der Waals surface area contributed by atoms with Crippen LogP contribution >= 0.6 is 0 Å². The smallest absolute Gasteiger partial charge is 0.177 e. The van der Waals surface area contributed by atoms with Gasteiger partial charge in [0, 0.05) is 12.2 Å². The van der Waals surface area contributed by atoms with Crippen LogP contribution < -0.4 is 4.90 Å². The van der Waals surface area contributed by atoms with Gasteiger partial charge in [-0.3, -0.25) is 0 Å². The Labute approximate surface area is 150 Å². The molecule has 0 bridgehead atoms. The molecule has 0 saturated carbocycles. The molecule has 6 nitrogen and oxygen atoms in total. The molecule has 0 unspecified atom stereocenters. The zero-order chi connectivity index (χ0) is 17.9. The van der Waals surface area contributed by atoms with Crippen LogP contribution in [0.25, 0.3) is 0 Å². The third-order valence-electron chi connectivity index (χ3n) is 4.29. The van der Waals surface area contributed by atoms with E-state index in [1.165, 1.54) is 12.1 Å². The molecule has 1 fully saturated rings. The third-order valence-corrected chi connectivity index (χ3v) is 4.29. The molecule has 3 aromatic rings. The predicted molar refractivity (Wildman–Crippen MR) is 92.7 cm³/mol. The first-order chi connectivity index (χ1) is 12.7. The highest BCUT2D eigenvalue weighted by Gasteiger charge is 2.29. The topological polar surface area (TPSA) is 67.0 Å². The lowest BCUT2D eigenvalue weighted by Crippen LogP contribution is -2.23. The van der Waals surface area contributed by atoms with E-state index in [-0.39, 0.29) is 12.0 Å². The number of anilines is 1. The van der Waals surface area contributed by atoms with Crippen molar-refractivity contribution >= 4 is 5.69 Å². The Morgan fingerprint density at radius 3 is 2.65 bits per heavy atom. The first-order valence-electron chi connectivity index (χ1n) is 8.26. The highest BCUT2D eigenvalue weighted by Crippen LogP contribution is 2.31. The van der Waals surface area contributed by atoms with Crippen molar-refractivity contribution in [1.82, 2.24) is 15.0 Å². The Bertz CT molecular complexity index is 930. The van der Waals surface area contributed by atoms with Crippen molar-refractivity contribution in [2.24, 2.45) is 0 Å². The minimum atomic E-state index is -0.338. The number of aromatic nitrogens is 3. The van der Waals surface area contributed by atoms with Crippen LogP contribution in [0.15, 0.2) is 54.7 Å². The first-order valence-corrected chi connectivity index (χ1v) is 8.26. The van der Waals surface area contributed by atoms with Gasteiger partial charge in [0.1, 0.15) is 11.5 Å². The van der Waals surface area contributed by atoms with Crippen LogP contribution in [0.1, 0.15) is 23.0 Å². The Kier molecular flexibility index (Phi) is 4.33. The highest BCUT2D eigenvalue weighted by molar-refractivity contribution is 5.48. The van der Waals surface area contributed by atoms with Crippen LogP contribution in [0.4, 0.5) is 10.1 Å². The van der Waals surface area contributed by atoms with Gasteiger partial charge in [-0.25, -0.2) is 9.07 Å². The summed E-state index contributed by atoms with van der Waals surface area (Å²) < 4.78 is 20.7. The molecular formula is C19H16FN5O. The fraction of sp³-hybridized carbons (Fsp3) is 0.211. The van der Waals surface area contributed by atoms with E-state index in [4.69, 9.17) is 10.00 Å². The molecule has 26 heavy (non-hydrogen) atoms. The van der Waals surface area contributed by atoms with Crippen molar-refractivity contribution in [1.29, 1.82) is 5.26 Å². The molecule has 1 aliphatic heterocycles. The zero-order valence-corrected chi connectivity index (χ0v) is 13.9. The number of ether oxygens (including phenoxy) is 1. The molecule has 0 spiro atoms. The first kappa shape index (κ1) is 16.2. The van der Waals surface area contributed by atoms with E-state index < -0.39 is 0 Å². The minimum Gasteiger partial charge on any atom is -0.350 e. The van der Waals surface area contributed by atoms with Crippen LogP contribution in [0.3, 0.4) is 0 Å². The highest BCUT2D eigenvalue weighted by atomic mass is 19.1. The minimum absolute atomic E-state index is 0.265. The fourth-order valence-corrected chi connectivity index (χ4v) is 2.99. The van der Waals surface area contributed by atoms with Gasteiger partial charge >= 0.3 is 0 Å². The number of benzene rings is 2. The third kappa shape index (κ3) is 3.27. The average Bonchev–Trinajstić information content (AvgIpc) is 3.32. The summed E-state index contributed by atoms with van der Waals surface area (Å²) >= 11 is 0. The number of nitrogens with zero attached hydrogens (tertiary/aromatic N) is 5. The summed E-state index contributed by atoms with van der Waals surface area (Å²) in [6.45, 7) is 1.84. The fourth-order valence-electron chi connectivity index (χ4n) is 2.99. The Morgan fingerprint density at radius 1 is 1.15 bits per heavy atom. The van der Waals surface area contributed by atoms with E-state index in [2.05, 4.69) is 16.4 Å². The largest absolute Gasteiger partial charge is 0.350 e. The Balaban J connectivity index is 1.51. The van der Waals surface area contributed by atoms with Gasteiger partial charge in [0.25, 0.3) is 0 Å². The van der Waals surface area contributed by atoms with Gasteiger partial charge in [-0.05, 0) is 42.0 Å². The lowest BCUT2D eigenvalue weighted by Gasteiger charge is -2.23. The summed E-state index contributed by atoms with van der Waals surface area (Å²) in [5, 5.41) is 17.3. The zero-order valence-electron chi connectivity index (χ0n) is 13.9. The second kappa shape index (κ2) is 6.94. The molecule has 0 aliphatic carbocycles. The van der Waals surface area contributed by atoms with Crippen molar-refractivity contribution in [3.05, 3.63) is 77.4 Å². The molecule has 2 aromatic carbocycles. The number of nitriles is 1. The van der Waals surface area contributed by atoms with Crippen molar-refractivity contribution < 1.29 is 9.13 Å². The Hall–Kier alpha value is -3.24. The van der Waals surface area contributed by atoms with Gasteiger partial charge in [-0.2, -0.15) is 5.26 Å². The second-order valence-electron chi connectivity index (χ2n) is 6.04. The van der Waals surface area contributed by atoms with Gasteiger partial charge in [-0.15, -0.1) is 5.10 Å². The lowest BCUT2D eigenvalue weighted by atomic mass is 10.1. The van der Waals surface area contributed by atoms with E-state index in [0.717, 1.165) is 11.3 Å².